The van der Waals surface area contributed by atoms with Gasteiger partial charge < -0.3 is 19.7 Å². The summed E-state index contributed by atoms with van der Waals surface area (Å²) in [5.74, 6) is 1.48. The van der Waals surface area contributed by atoms with Gasteiger partial charge in [0.15, 0.2) is 0 Å². The van der Waals surface area contributed by atoms with Crippen LogP contribution in [0.1, 0.15) is 37.6 Å². The minimum atomic E-state index is -0.495. The van der Waals surface area contributed by atoms with Crippen LogP contribution < -0.4 is 10.1 Å². The maximum atomic E-state index is 12.2. The second-order valence-electron chi connectivity index (χ2n) is 7.84. The predicted octanol–water partition coefficient (Wildman–Crippen LogP) is 3.43. The van der Waals surface area contributed by atoms with Gasteiger partial charge >= 0.3 is 6.09 Å². The molecule has 0 radical (unpaired) electrons. The molecule has 0 atom stereocenters. The average molecular weight is 384 g/mol. The number of nitrogens with zero attached hydrogens (tertiary/aromatic N) is 3. The zero-order valence-electron chi connectivity index (χ0n) is 17.0. The topological polar surface area (TPSA) is 76.6 Å². The Kier molecular flexibility index (Phi) is 6.02. The number of aromatic nitrogens is 2. The van der Waals surface area contributed by atoms with E-state index in [1.165, 1.54) is 5.56 Å². The van der Waals surface area contributed by atoms with Gasteiger partial charge in [0.1, 0.15) is 11.4 Å². The number of methoxy groups -OCH3 is 1. The van der Waals surface area contributed by atoms with Crippen LogP contribution in [0.2, 0.25) is 0 Å². The molecule has 7 heteroatoms. The molecule has 1 aliphatic heterocycles. The van der Waals surface area contributed by atoms with Gasteiger partial charge in [-0.25, -0.2) is 14.8 Å². The zero-order chi connectivity index (χ0) is 20.1. The highest BCUT2D eigenvalue weighted by Crippen LogP contribution is 2.20. The number of ether oxygens (including phenoxy) is 2. The Morgan fingerprint density at radius 3 is 2.68 bits per heavy atom. The van der Waals surface area contributed by atoms with Gasteiger partial charge in [-0.3, -0.25) is 0 Å². The fourth-order valence-corrected chi connectivity index (χ4v) is 2.99. The summed E-state index contributed by atoms with van der Waals surface area (Å²) >= 11 is 0. The number of anilines is 1. The van der Waals surface area contributed by atoms with E-state index in [4.69, 9.17) is 9.47 Å². The van der Waals surface area contributed by atoms with E-state index >= 15 is 0 Å². The highest BCUT2D eigenvalue weighted by atomic mass is 16.6. The molecule has 0 unspecified atom stereocenters. The van der Waals surface area contributed by atoms with Crippen LogP contribution in [0.15, 0.2) is 30.5 Å². The van der Waals surface area contributed by atoms with Gasteiger partial charge in [-0.15, -0.1) is 0 Å². The second kappa shape index (κ2) is 8.46. The Labute approximate surface area is 166 Å². The summed E-state index contributed by atoms with van der Waals surface area (Å²) in [6.45, 7) is 7.44. The van der Waals surface area contributed by atoms with Crippen molar-refractivity contribution in [3.8, 4) is 5.75 Å². The van der Waals surface area contributed by atoms with E-state index < -0.39 is 5.60 Å². The monoisotopic (exact) mass is 384 g/mol. The number of hydrogen-bond acceptors (Lipinski definition) is 6. The van der Waals surface area contributed by atoms with Crippen molar-refractivity contribution in [3.05, 3.63) is 47.3 Å². The van der Waals surface area contributed by atoms with Crippen LogP contribution in [0, 0.1) is 0 Å². The maximum Gasteiger partial charge on any atom is 0.410 e. The molecule has 0 saturated heterocycles. The Balaban J connectivity index is 1.53. The Bertz CT molecular complexity index is 815. The molecule has 0 bridgehead atoms. The van der Waals surface area contributed by atoms with E-state index in [9.17, 15) is 4.79 Å². The second-order valence-corrected chi connectivity index (χ2v) is 7.84. The molecule has 0 aliphatic carbocycles. The van der Waals surface area contributed by atoms with Gasteiger partial charge in [0.2, 0.25) is 5.95 Å². The SMILES string of the molecule is COc1ccc(CCNc2ncc3c(n2)CCN(C(=O)OC(C)(C)C)C3)cc1. The third-order valence-electron chi connectivity index (χ3n) is 4.44. The van der Waals surface area contributed by atoms with Crippen molar-refractivity contribution in [1.29, 1.82) is 0 Å². The molecule has 3 rings (SSSR count). The third kappa shape index (κ3) is 5.34. The highest BCUT2D eigenvalue weighted by Gasteiger charge is 2.26. The van der Waals surface area contributed by atoms with Gasteiger partial charge in [0, 0.05) is 31.3 Å². The van der Waals surface area contributed by atoms with Crippen LogP contribution in [0.25, 0.3) is 0 Å². The molecule has 0 fully saturated rings. The minimum Gasteiger partial charge on any atom is -0.497 e. The standard InChI is InChI=1S/C21H28N4O3/c1-21(2,3)28-20(26)25-12-10-18-16(14-25)13-23-19(24-18)22-11-9-15-5-7-17(27-4)8-6-15/h5-8,13H,9-12,14H2,1-4H3,(H,22,23,24). The third-order valence-corrected chi connectivity index (χ3v) is 4.44. The largest absolute Gasteiger partial charge is 0.497 e. The van der Waals surface area contributed by atoms with Gasteiger partial charge in [-0.05, 0) is 44.9 Å². The zero-order valence-corrected chi connectivity index (χ0v) is 17.0. The van der Waals surface area contributed by atoms with Crippen LogP contribution in [0.4, 0.5) is 10.7 Å². The van der Waals surface area contributed by atoms with Gasteiger partial charge in [-0.1, -0.05) is 12.1 Å². The van der Waals surface area contributed by atoms with Crippen molar-refractivity contribution in [2.45, 2.75) is 45.8 Å². The normalized spacial score (nSPS) is 13.6. The molecular weight excluding hydrogens is 356 g/mol. The van der Waals surface area contributed by atoms with Crippen molar-refractivity contribution in [3.63, 3.8) is 0 Å². The summed E-state index contributed by atoms with van der Waals surface area (Å²) < 4.78 is 10.6. The Hall–Kier alpha value is -2.83. The first kappa shape index (κ1) is 19.9. The summed E-state index contributed by atoms with van der Waals surface area (Å²) in [4.78, 5) is 23.0. The van der Waals surface area contributed by atoms with Gasteiger partial charge in [-0.2, -0.15) is 0 Å². The van der Waals surface area contributed by atoms with Crippen LogP contribution in [-0.2, 0) is 24.1 Å². The summed E-state index contributed by atoms with van der Waals surface area (Å²) in [6, 6.07) is 8.03. The summed E-state index contributed by atoms with van der Waals surface area (Å²) in [5, 5.41) is 3.28. The van der Waals surface area contributed by atoms with E-state index in [1.54, 1.807) is 18.2 Å². The average Bonchev–Trinajstić information content (AvgIpc) is 2.66. The quantitative estimate of drug-likeness (QED) is 0.851. The summed E-state index contributed by atoms with van der Waals surface area (Å²) in [7, 11) is 1.66. The molecule has 0 spiro atoms. The number of benzene rings is 1. The first-order chi connectivity index (χ1) is 13.3. The lowest BCUT2D eigenvalue weighted by Crippen LogP contribution is -2.40. The molecule has 1 amide bonds. The van der Waals surface area contributed by atoms with Crippen LogP contribution in [0.5, 0.6) is 5.75 Å². The number of hydrogen-bond donors (Lipinski definition) is 1. The molecule has 2 heterocycles. The number of nitrogens with one attached hydrogen (secondary N) is 1. The van der Waals surface area contributed by atoms with Crippen LogP contribution in [0.3, 0.4) is 0 Å². The molecular formula is C21H28N4O3. The molecule has 1 aromatic carbocycles. The van der Waals surface area contributed by atoms with E-state index in [0.717, 1.165) is 30.0 Å². The number of rotatable bonds is 5. The van der Waals surface area contributed by atoms with Crippen LogP contribution >= 0.6 is 0 Å². The van der Waals surface area contributed by atoms with Crippen molar-refractivity contribution >= 4 is 12.0 Å². The predicted molar refractivity (Wildman–Crippen MR) is 108 cm³/mol. The molecule has 2 aromatic rings. The van der Waals surface area contributed by atoms with E-state index in [-0.39, 0.29) is 6.09 Å². The fourth-order valence-electron chi connectivity index (χ4n) is 2.99. The van der Waals surface area contributed by atoms with Crippen LogP contribution in [-0.4, -0.2) is 46.8 Å². The first-order valence-corrected chi connectivity index (χ1v) is 9.53. The molecule has 1 aliphatic rings. The molecule has 0 saturated carbocycles. The Morgan fingerprint density at radius 1 is 1.25 bits per heavy atom. The first-order valence-electron chi connectivity index (χ1n) is 9.53. The lowest BCUT2D eigenvalue weighted by Gasteiger charge is -2.30. The van der Waals surface area contributed by atoms with Crippen molar-refractivity contribution < 1.29 is 14.3 Å². The number of carbonyl (C=O) groups excluding carboxylic acids is 1. The Morgan fingerprint density at radius 2 is 2.00 bits per heavy atom. The molecule has 150 valence electrons. The molecule has 1 N–H and O–H groups in total. The molecule has 28 heavy (non-hydrogen) atoms. The summed E-state index contributed by atoms with van der Waals surface area (Å²) in [5.41, 5.74) is 2.68. The van der Waals surface area contributed by atoms with Crippen molar-refractivity contribution in [2.24, 2.45) is 0 Å². The number of amides is 1. The minimum absolute atomic E-state index is 0.292. The lowest BCUT2D eigenvalue weighted by atomic mass is 10.1. The van der Waals surface area contributed by atoms with Crippen molar-refractivity contribution in [1.82, 2.24) is 14.9 Å². The molecule has 1 aromatic heterocycles. The smallest absolute Gasteiger partial charge is 0.410 e. The number of fused-ring (bicyclic) bond motifs is 1. The highest BCUT2D eigenvalue weighted by molar-refractivity contribution is 5.68. The van der Waals surface area contributed by atoms with E-state index in [2.05, 4.69) is 27.4 Å². The fraction of sp³-hybridized carbons (Fsp3) is 0.476. The van der Waals surface area contributed by atoms with Gasteiger partial charge in [0.25, 0.3) is 0 Å². The van der Waals surface area contributed by atoms with E-state index in [1.807, 2.05) is 32.9 Å². The lowest BCUT2D eigenvalue weighted by molar-refractivity contribution is 0.0222. The maximum absolute atomic E-state index is 12.2. The van der Waals surface area contributed by atoms with E-state index in [0.29, 0.717) is 25.5 Å². The summed E-state index contributed by atoms with van der Waals surface area (Å²) in [6.07, 6.45) is 3.08. The number of carbonyl (C=O) groups is 1. The van der Waals surface area contributed by atoms with Gasteiger partial charge in [0.05, 0.1) is 19.3 Å². The van der Waals surface area contributed by atoms with Crippen molar-refractivity contribution in [2.75, 3.05) is 25.5 Å². The molecule has 7 nitrogen and oxygen atoms in total.